The number of amides is 2. The lowest BCUT2D eigenvalue weighted by atomic mass is 9.88. The van der Waals surface area contributed by atoms with E-state index in [-0.39, 0.29) is 5.97 Å². The molecule has 9 heteroatoms. The maximum atomic E-state index is 12.7. The van der Waals surface area contributed by atoms with E-state index in [0.29, 0.717) is 40.7 Å². The molecule has 7 nitrogen and oxygen atoms in total. The number of carbonyl (C=O) groups is 2. The number of esters is 1. The van der Waals surface area contributed by atoms with E-state index >= 15 is 0 Å². The van der Waals surface area contributed by atoms with Gasteiger partial charge in [0.05, 0.1) is 28.1 Å². The van der Waals surface area contributed by atoms with Gasteiger partial charge in [0.2, 0.25) is 0 Å². The number of aromatic nitrogens is 1. The lowest BCUT2D eigenvalue weighted by Crippen LogP contribution is -2.26. The summed E-state index contributed by atoms with van der Waals surface area (Å²) < 4.78 is 10.8. The number of nitrogens with zero attached hydrogens (tertiary/aromatic N) is 1. The maximum Gasteiger partial charge on any atom is 0.323 e. The fourth-order valence-electron chi connectivity index (χ4n) is 3.66. The number of para-hydroxylation sites is 1. The molecule has 0 aliphatic heterocycles. The van der Waals surface area contributed by atoms with Gasteiger partial charge >= 0.3 is 12.0 Å². The van der Waals surface area contributed by atoms with Crippen molar-refractivity contribution in [2.45, 2.75) is 26.7 Å². The van der Waals surface area contributed by atoms with E-state index < -0.39 is 11.4 Å². The molecule has 2 N–H and O–H groups in total. The maximum absolute atomic E-state index is 12.7. The number of aryl methyl sites for hydroxylation is 1. The Bertz CT molecular complexity index is 1410. The lowest BCUT2D eigenvalue weighted by molar-refractivity contribution is -0.151. The molecule has 0 radical (unpaired) electrons. The Hall–Kier alpha value is -3.88. The van der Waals surface area contributed by atoms with Crippen molar-refractivity contribution in [1.82, 2.24) is 4.98 Å². The highest BCUT2D eigenvalue weighted by molar-refractivity contribution is 7.15. The average Bonchev–Trinajstić information content (AvgIpc) is 3.39. The van der Waals surface area contributed by atoms with E-state index in [4.69, 9.17) is 21.1 Å². The summed E-state index contributed by atoms with van der Waals surface area (Å²) in [6, 6.07) is 21.4. The first kappa shape index (κ1) is 27.2. The van der Waals surface area contributed by atoms with Crippen LogP contribution in [0.1, 0.15) is 25.3 Å². The van der Waals surface area contributed by atoms with Gasteiger partial charge in [-0.2, -0.15) is 0 Å². The Morgan fingerprint density at radius 2 is 1.74 bits per heavy atom. The summed E-state index contributed by atoms with van der Waals surface area (Å²) in [5, 5.41) is 7.11. The van der Waals surface area contributed by atoms with Crippen LogP contribution in [0.2, 0.25) is 5.02 Å². The largest absolute Gasteiger partial charge is 0.469 e. The van der Waals surface area contributed by atoms with Gasteiger partial charge in [-0.1, -0.05) is 41.9 Å². The van der Waals surface area contributed by atoms with Gasteiger partial charge in [-0.25, -0.2) is 9.78 Å². The number of rotatable bonds is 9. The first-order valence-corrected chi connectivity index (χ1v) is 13.2. The molecule has 0 atom stereocenters. The number of thiazole rings is 1. The summed E-state index contributed by atoms with van der Waals surface area (Å²) in [6.07, 6.45) is 3.17. The van der Waals surface area contributed by atoms with Crippen LogP contribution < -0.4 is 15.4 Å². The minimum Gasteiger partial charge on any atom is -0.469 e. The summed E-state index contributed by atoms with van der Waals surface area (Å²) in [7, 11) is 1.41. The molecule has 3 aromatic carbocycles. The number of benzene rings is 3. The monoisotopic (exact) mass is 549 g/mol. The number of ether oxygens (including phenoxy) is 2. The summed E-state index contributed by atoms with van der Waals surface area (Å²) in [5.41, 5.74) is 1.55. The molecule has 1 aromatic heterocycles. The van der Waals surface area contributed by atoms with Crippen LogP contribution in [-0.2, 0) is 16.0 Å². The van der Waals surface area contributed by atoms with Gasteiger partial charge < -0.3 is 20.1 Å². The highest BCUT2D eigenvalue weighted by atomic mass is 35.5. The molecule has 2 amide bonds. The fourth-order valence-corrected chi connectivity index (χ4v) is 4.74. The molecule has 0 spiro atoms. The van der Waals surface area contributed by atoms with E-state index in [2.05, 4.69) is 15.6 Å². The Morgan fingerprint density at radius 3 is 2.45 bits per heavy atom. The Balaban J connectivity index is 1.36. The van der Waals surface area contributed by atoms with Crippen molar-refractivity contribution < 1.29 is 19.1 Å². The summed E-state index contributed by atoms with van der Waals surface area (Å²) in [4.78, 5) is 30.1. The minimum atomic E-state index is -0.561. The fraction of sp³-hybridized carbons (Fsp3) is 0.207. The number of halogens is 1. The van der Waals surface area contributed by atoms with Crippen LogP contribution in [0.15, 0.2) is 79.0 Å². The van der Waals surface area contributed by atoms with Gasteiger partial charge in [-0.15, -0.1) is 11.3 Å². The van der Waals surface area contributed by atoms with Gasteiger partial charge in [-0.05, 0) is 62.2 Å². The third-order valence-electron chi connectivity index (χ3n) is 5.85. The molecule has 4 aromatic rings. The van der Waals surface area contributed by atoms with Gasteiger partial charge in [0, 0.05) is 29.4 Å². The number of methoxy groups -OCH3 is 1. The van der Waals surface area contributed by atoms with Crippen molar-refractivity contribution in [2.24, 2.45) is 5.41 Å². The number of nitrogens with one attached hydrogen (secondary N) is 2. The number of hydrogen-bond acceptors (Lipinski definition) is 6. The highest BCUT2D eigenvalue weighted by Gasteiger charge is 2.28. The molecule has 0 saturated carbocycles. The van der Waals surface area contributed by atoms with E-state index in [0.717, 1.165) is 15.4 Å². The van der Waals surface area contributed by atoms with E-state index in [1.165, 1.54) is 7.11 Å². The number of anilines is 2. The summed E-state index contributed by atoms with van der Waals surface area (Å²) >= 11 is 7.72. The van der Waals surface area contributed by atoms with Gasteiger partial charge in [0.15, 0.2) is 5.75 Å². The predicted octanol–water partition coefficient (Wildman–Crippen LogP) is 8.03. The molecular formula is C29H28ClN3O4S. The van der Waals surface area contributed by atoms with E-state index in [1.54, 1.807) is 29.5 Å². The van der Waals surface area contributed by atoms with Crippen molar-refractivity contribution in [3.63, 3.8) is 0 Å². The molecule has 38 heavy (non-hydrogen) atoms. The number of hydrogen-bond donors (Lipinski definition) is 2. The third kappa shape index (κ3) is 7.12. The molecule has 196 valence electrons. The first-order valence-electron chi connectivity index (χ1n) is 12.0. The Morgan fingerprint density at radius 1 is 1.00 bits per heavy atom. The molecule has 0 aliphatic carbocycles. The quantitative estimate of drug-likeness (QED) is 0.206. The topological polar surface area (TPSA) is 89.5 Å². The number of carbonyl (C=O) groups excluding carboxylic acids is 2. The van der Waals surface area contributed by atoms with Crippen LogP contribution in [0.3, 0.4) is 0 Å². The molecular weight excluding hydrogens is 522 g/mol. The normalized spacial score (nSPS) is 11.1. The second kappa shape index (κ2) is 12.1. The zero-order chi connectivity index (χ0) is 27.1. The lowest BCUT2D eigenvalue weighted by Gasteiger charge is -2.20. The summed E-state index contributed by atoms with van der Waals surface area (Å²) in [5.74, 6) is 0.842. The zero-order valence-electron chi connectivity index (χ0n) is 21.3. The van der Waals surface area contributed by atoms with Crippen LogP contribution in [0.5, 0.6) is 11.5 Å². The van der Waals surface area contributed by atoms with Crippen molar-refractivity contribution in [2.75, 3.05) is 17.7 Å². The molecule has 0 saturated heterocycles. The smallest absolute Gasteiger partial charge is 0.323 e. The molecule has 0 unspecified atom stereocenters. The predicted molar refractivity (Wildman–Crippen MR) is 152 cm³/mol. The van der Waals surface area contributed by atoms with Gasteiger partial charge in [0.1, 0.15) is 5.75 Å². The van der Waals surface area contributed by atoms with Crippen LogP contribution in [-0.4, -0.2) is 24.1 Å². The van der Waals surface area contributed by atoms with Crippen molar-refractivity contribution >= 4 is 46.3 Å². The molecule has 1 heterocycles. The number of urea groups is 1. The first-order chi connectivity index (χ1) is 18.2. The standard InChI is InChI=1S/C29H28ClN3O4S/c1-29(2,27(34)36-3)16-15-26-31-18-25(38-26)19-9-12-21(13-10-19)32-28(35)33-23-14-11-20(30)17-24(23)37-22-7-5-4-6-8-22/h4-14,17-18H,15-16H2,1-3H3,(H2,32,33,35). The highest BCUT2D eigenvalue weighted by Crippen LogP contribution is 2.33. The second-order valence-electron chi connectivity index (χ2n) is 9.21. The van der Waals surface area contributed by atoms with Crippen molar-refractivity contribution in [1.29, 1.82) is 0 Å². The molecule has 4 rings (SSSR count). The zero-order valence-corrected chi connectivity index (χ0v) is 22.9. The minimum absolute atomic E-state index is 0.225. The third-order valence-corrected chi connectivity index (χ3v) is 7.19. The SMILES string of the molecule is COC(=O)C(C)(C)CCc1ncc(-c2ccc(NC(=O)Nc3ccc(Cl)cc3Oc3ccccc3)cc2)s1. The average molecular weight is 550 g/mol. The molecule has 0 fully saturated rings. The summed E-state index contributed by atoms with van der Waals surface area (Å²) in [6.45, 7) is 3.75. The van der Waals surface area contributed by atoms with Gasteiger partial charge in [0.25, 0.3) is 0 Å². The molecule has 0 bridgehead atoms. The molecule has 0 aliphatic rings. The van der Waals surface area contributed by atoms with Crippen molar-refractivity contribution in [3.8, 4) is 21.9 Å². The van der Waals surface area contributed by atoms with Crippen LogP contribution >= 0.6 is 22.9 Å². The van der Waals surface area contributed by atoms with Crippen LogP contribution in [0.25, 0.3) is 10.4 Å². The van der Waals surface area contributed by atoms with Crippen molar-refractivity contribution in [3.05, 3.63) is 89.0 Å². The Kier molecular flexibility index (Phi) is 8.66. The van der Waals surface area contributed by atoms with Crippen LogP contribution in [0, 0.1) is 5.41 Å². The van der Waals surface area contributed by atoms with Gasteiger partial charge in [-0.3, -0.25) is 4.79 Å². The van der Waals surface area contributed by atoms with E-state index in [1.807, 2.05) is 74.6 Å². The second-order valence-corrected chi connectivity index (χ2v) is 10.8. The van der Waals surface area contributed by atoms with E-state index in [9.17, 15) is 9.59 Å². The Labute approximate surface area is 230 Å². The van der Waals surface area contributed by atoms with Crippen LogP contribution in [0.4, 0.5) is 16.2 Å².